The van der Waals surface area contributed by atoms with Gasteiger partial charge in [-0.05, 0) is 42.5 Å². The van der Waals surface area contributed by atoms with Crippen molar-refractivity contribution in [2.24, 2.45) is 11.0 Å². The van der Waals surface area contributed by atoms with Crippen LogP contribution in [0.1, 0.15) is 5.76 Å². The van der Waals surface area contributed by atoms with Gasteiger partial charge in [-0.1, -0.05) is 41.4 Å². The maximum atomic E-state index is 13.4. The van der Waals surface area contributed by atoms with Gasteiger partial charge in [-0.15, -0.1) is 0 Å². The molecule has 8 heteroatoms. The lowest BCUT2D eigenvalue weighted by Gasteiger charge is -2.22. The zero-order valence-corrected chi connectivity index (χ0v) is 16.3. The molecule has 0 bridgehead atoms. The number of carbonyl (C=O) groups is 2. The molecule has 2 aliphatic rings. The van der Waals surface area contributed by atoms with E-state index in [4.69, 9.17) is 27.6 Å². The van der Waals surface area contributed by atoms with Crippen LogP contribution in [0.3, 0.4) is 0 Å². The average Bonchev–Trinajstić information content (AvgIpc) is 3.43. The molecule has 2 aliphatic heterocycles. The molecule has 2 amide bonds. The molecular formula is C21H13Cl2N3O3. The molecule has 3 heterocycles. The Balaban J connectivity index is 1.63. The molecule has 3 aromatic rings. The normalized spacial score (nSPS) is 21.0. The fraction of sp³-hybridized carbons (Fsp3) is 0.0952. The van der Waals surface area contributed by atoms with E-state index in [2.05, 4.69) is 5.10 Å². The Kier molecular flexibility index (Phi) is 4.19. The number of hydrogen-bond acceptors (Lipinski definition) is 5. The fourth-order valence-electron chi connectivity index (χ4n) is 3.71. The van der Waals surface area contributed by atoms with Crippen LogP contribution in [0.2, 0.25) is 10.0 Å². The molecule has 144 valence electrons. The van der Waals surface area contributed by atoms with Crippen LogP contribution in [0.15, 0.2) is 76.4 Å². The Bertz CT molecular complexity index is 1150. The average molecular weight is 426 g/mol. The molecule has 2 atom stereocenters. The first-order valence-electron chi connectivity index (χ1n) is 8.86. The first-order chi connectivity index (χ1) is 14.1. The molecule has 0 radical (unpaired) electrons. The Morgan fingerprint density at radius 3 is 2.34 bits per heavy atom. The van der Waals surface area contributed by atoms with Crippen LogP contribution in [0, 0.1) is 5.92 Å². The van der Waals surface area contributed by atoms with E-state index < -0.39 is 12.0 Å². The molecular weight excluding hydrogens is 413 g/mol. The van der Waals surface area contributed by atoms with Crippen LogP contribution in [0.4, 0.5) is 11.4 Å². The van der Waals surface area contributed by atoms with E-state index in [0.29, 0.717) is 27.9 Å². The highest BCUT2D eigenvalue weighted by Crippen LogP contribution is 2.40. The second-order valence-corrected chi connectivity index (χ2v) is 7.49. The number of rotatable bonds is 3. The van der Waals surface area contributed by atoms with Crippen molar-refractivity contribution in [3.05, 3.63) is 82.7 Å². The number of carbonyl (C=O) groups excluding carboxylic acids is 2. The number of amides is 2. The highest BCUT2D eigenvalue weighted by molar-refractivity contribution is 6.42. The third kappa shape index (κ3) is 2.75. The number of imide groups is 1. The van der Waals surface area contributed by atoms with Crippen molar-refractivity contribution >= 4 is 52.1 Å². The zero-order chi connectivity index (χ0) is 20.1. The van der Waals surface area contributed by atoms with Gasteiger partial charge in [0.05, 0.1) is 27.7 Å². The minimum atomic E-state index is -0.806. The van der Waals surface area contributed by atoms with Gasteiger partial charge in [-0.3, -0.25) is 14.6 Å². The van der Waals surface area contributed by atoms with Crippen LogP contribution in [0.25, 0.3) is 0 Å². The molecule has 5 rings (SSSR count). The Morgan fingerprint density at radius 1 is 0.862 bits per heavy atom. The van der Waals surface area contributed by atoms with Crippen LogP contribution < -0.4 is 9.91 Å². The van der Waals surface area contributed by atoms with Crippen LogP contribution >= 0.6 is 23.2 Å². The standard InChI is InChI=1S/C21H13Cl2N3O3/c22-14-9-8-13(11-15(14)23)25-20(27)17-18(16-7-4-10-29-16)24-26(19(17)21(25)28)12-5-2-1-3-6-12/h1-11,17,19H/t17-,19+/m1/s1. The monoisotopic (exact) mass is 425 g/mol. The summed E-state index contributed by atoms with van der Waals surface area (Å²) < 4.78 is 5.49. The van der Waals surface area contributed by atoms with Gasteiger partial charge in [-0.2, -0.15) is 5.10 Å². The number of fused-ring (bicyclic) bond motifs is 1. The molecule has 0 spiro atoms. The summed E-state index contributed by atoms with van der Waals surface area (Å²) in [5, 5.41) is 6.78. The maximum absolute atomic E-state index is 13.4. The summed E-state index contributed by atoms with van der Waals surface area (Å²) in [6.45, 7) is 0. The third-order valence-corrected chi connectivity index (χ3v) is 5.74. The molecule has 0 unspecified atom stereocenters. The minimum absolute atomic E-state index is 0.265. The summed E-state index contributed by atoms with van der Waals surface area (Å²) in [5.41, 5.74) is 1.50. The quantitative estimate of drug-likeness (QED) is 0.584. The molecule has 1 aromatic heterocycles. The molecule has 0 N–H and O–H groups in total. The first kappa shape index (κ1) is 18.0. The Labute approximate surface area is 175 Å². The van der Waals surface area contributed by atoms with Gasteiger partial charge in [0.2, 0.25) is 5.91 Å². The molecule has 1 fully saturated rings. The summed E-state index contributed by atoms with van der Waals surface area (Å²) in [5.74, 6) is -1.10. The fourth-order valence-corrected chi connectivity index (χ4v) is 4.01. The maximum Gasteiger partial charge on any atom is 0.259 e. The zero-order valence-electron chi connectivity index (χ0n) is 14.8. The van der Waals surface area contributed by atoms with Crippen LogP contribution in [-0.2, 0) is 9.59 Å². The molecule has 6 nitrogen and oxygen atoms in total. The van der Waals surface area contributed by atoms with Gasteiger partial charge in [0.15, 0.2) is 5.76 Å². The number of nitrogens with zero attached hydrogens (tertiary/aromatic N) is 3. The number of anilines is 2. The molecule has 0 aliphatic carbocycles. The van der Waals surface area contributed by atoms with Crippen molar-refractivity contribution in [2.75, 3.05) is 9.91 Å². The minimum Gasteiger partial charge on any atom is -0.463 e. The number of para-hydroxylation sites is 1. The van der Waals surface area contributed by atoms with Gasteiger partial charge >= 0.3 is 0 Å². The summed E-state index contributed by atoms with van der Waals surface area (Å²) in [4.78, 5) is 27.9. The number of hydrazone groups is 1. The lowest BCUT2D eigenvalue weighted by molar-refractivity contribution is -0.121. The van der Waals surface area contributed by atoms with Crippen LogP contribution in [-0.4, -0.2) is 23.6 Å². The van der Waals surface area contributed by atoms with E-state index in [1.165, 1.54) is 12.3 Å². The lowest BCUT2D eigenvalue weighted by Crippen LogP contribution is -2.39. The predicted octanol–water partition coefficient (Wildman–Crippen LogP) is 4.37. The second kappa shape index (κ2) is 6.76. The van der Waals surface area contributed by atoms with Crippen molar-refractivity contribution in [3.63, 3.8) is 0 Å². The summed E-state index contributed by atoms with van der Waals surface area (Å²) in [7, 11) is 0. The number of halogens is 2. The molecule has 0 saturated carbocycles. The lowest BCUT2D eigenvalue weighted by atomic mass is 9.96. The van der Waals surface area contributed by atoms with E-state index in [1.807, 2.05) is 30.3 Å². The van der Waals surface area contributed by atoms with Gasteiger partial charge in [0.25, 0.3) is 5.91 Å². The summed E-state index contributed by atoms with van der Waals surface area (Å²) in [6, 6.07) is 16.6. The second-order valence-electron chi connectivity index (χ2n) is 6.68. The number of furan rings is 1. The van der Waals surface area contributed by atoms with Crippen molar-refractivity contribution in [1.29, 1.82) is 0 Å². The van der Waals surface area contributed by atoms with E-state index in [-0.39, 0.29) is 16.8 Å². The van der Waals surface area contributed by atoms with Gasteiger partial charge in [-0.25, -0.2) is 4.90 Å². The smallest absolute Gasteiger partial charge is 0.259 e. The SMILES string of the molecule is O=C1[C@@H]2C(c3ccco3)=NN(c3ccccc3)[C@@H]2C(=O)N1c1ccc(Cl)c(Cl)c1. The first-order valence-corrected chi connectivity index (χ1v) is 9.61. The summed E-state index contributed by atoms with van der Waals surface area (Å²) >= 11 is 12.1. The van der Waals surface area contributed by atoms with Crippen molar-refractivity contribution in [1.82, 2.24) is 0 Å². The van der Waals surface area contributed by atoms with Gasteiger partial charge < -0.3 is 4.42 Å². The van der Waals surface area contributed by atoms with Gasteiger partial charge in [0, 0.05) is 0 Å². The predicted molar refractivity (Wildman–Crippen MR) is 110 cm³/mol. The molecule has 29 heavy (non-hydrogen) atoms. The van der Waals surface area contributed by atoms with Crippen LogP contribution in [0.5, 0.6) is 0 Å². The van der Waals surface area contributed by atoms with Crippen molar-refractivity contribution < 1.29 is 14.0 Å². The van der Waals surface area contributed by atoms with E-state index in [1.54, 1.807) is 29.3 Å². The number of benzene rings is 2. The van der Waals surface area contributed by atoms with E-state index >= 15 is 0 Å². The molecule has 1 saturated heterocycles. The highest BCUT2D eigenvalue weighted by atomic mass is 35.5. The third-order valence-electron chi connectivity index (χ3n) is 5.00. The highest BCUT2D eigenvalue weighted by Gasteiger charge is 2.58. The largest absolute Gasteiger partial charge is 0.463 e. The Hall–Kier alpha value is -3.09. The topological polar surface area (TPSA) is 66.1 Å². The van der Waals surface area contributed by atoms with Gasteiger partial charge in [0.1, 0.15) is 17.7 Å². The van der Waals surface area contributed by atoms with E-state index in [9.17, 15) is 9.59 Å². The van der Waals surface area contributed by atoms with E-state index in [0.717, 1.165) is 4.90 Å². The molecule has 2 aromatic carbocycles. The summed E-state index contributed by atoms with van der Waals surface area (Å²) in [6.07, 6.45) is 1.51. The van der Waals surface area contributed by atoms with Crippen molar-refractivity contribution in [2.45, 2.75) is 6.04 Å². The van der Waals surface area contributed by atoms with Crippen molar-refractivity contribution in [3.8, 4) is 0 Å². The Morgan fingerprint density at radius 2 is 1.66 bits per heavy atom. The number of hydrogen-bond donors (Lipinski definition) is 0.